The normalized spacial score (nSPS) is 16.8. The third-order valence-electron chi connectivity index (χ3n) is 5.97. The van der Waals surface area contributed by atoms with E-state index in [9.17, 15) is 4.79 Å². The van der Waals surface area contributed by atoms with Gasteiger partial charge in [-0.05, 0) is 25.8 Å². The predicted octanol–water partition coefficient (Wildman–Crippen LogP) is 5.96. The van der Waals surface area contributed by atoms with Crippen LogP contribution >= 0.6 is 0 Å². The maximum atomic E-state index is 12.2. The van der Waals surface area contributed by atoms with Gasteiger partial charge in [-0.25, -0.2) is 4.98 Å². The molecule has 5 nitrogen and oxygen atoms in total. The first-order chi connectivity index (χ1) is 14.3. The fraction of sp³-hybridized carbons (Fsp3) is 0.833. The second-order valence-corrected chi connectivity index (χ2v) is 8.61. The van der Waals surface area contributed by atoms with Gasteiger partial charge in [-0.15, -0.1) is 0 Å². The molecule has 1 aliphatic rings. The van der Waals surface area contributed by atoms with E-state index in [2.05, 4.69) is 22.5 Å². The molecular formula is C24H43N3O2. The maximum Gasteiger partial charge on any atom is 0.273 e. The number of amides is 1. The molecule has 1 aromatic rings. The van der Waals surface area contributed by atoms with E-state index in [-0.39, 0.29) is 5.91 Å². The number of hydrogen-bond donors (Lipinski definition) is 2. The summed E-state index contributed by atoms with van der Waals surface area (Å²) < 4.78 is 5.54. The van der Waals surface area contributed by atoms with Crippen LogP contribution in [0.2, 0.25) is 0 Å². The maximum absolute atomic E-state index is 12.2. The number of oxazole rings is 1. The predicted molar refractivity (Wildman–Crippen MR) is 119 cm³/mol. The van der Waals surface area contributed by atoms with Crippen LogP contribution in [0.3, 0.4) is 0 Å². The lowest BCUT2D eigenvalue weighted by Gasteiger charge is -2.19. The van der Waals surface area contributed by atoms with Gasteiger partial charge in [0.15, 0.2) is 11.6 Å². The van der Waals surface area contributed by atoms with Crippen molar-refractivity contribution < 1.29 is 9.21 Å². The number of hydrogen-bond acceptors (Lipinski definition) is 4. The second kappa shape index (κ2) is 15.5. The average Bonchev–Trinajstić information content (AvgIpc) is 3.25. The van der Waals surface area contributed by atoms with E-state index in [1.54, 1.807) is 0 Å². The van der Waals surface area contributed by atoms with Crippen molar-refractivity contribution in [2.24, 2.45) is 0 Å². The summed E-state index contributed by atoms with van der Waals surface area (Å²) in [6.07, 6.45) is 21.1. The Bertz CT molecular complexity index is 538. The summed E-state index contributed by atoms with van der Waals surface area (Å²) in [5, 5.41) is 6.33. The van der Waals surface area contributed by atoms with E-state index < -0.39 is 0 Å². The number of piperidine rings is 1. The molecule has 0 spiro atoms. The fourth-order valence-electron chi connectivity index (χ4n) is 4.08. The van der Waals surface area contributed by atoms with E-state index in [4.69, 9.17) is 4.42 Å². The van der Waals surface area contributed by atoms with Crippen molar-refractivity contribution in [3.05, 3.63) is 17.8 Å². The summed E-state index contributed by atoms with van der Waals surface area (Å²) in [4.78, 5) is 16.6. The first kappa shape index (κ1) is 23.9. The minimum atomic E-state index is -0.109. The monoisotopic (exact) mass is 405 g/mol. The molecule has 1 aromatic heterocycles. The van der Waals surface area contributed by atoms with Crippen molar-refractivity contribution in [3.63, 3.8) is 0 Å². The SMILES string of the molecule is CCCCCCCCCCCCCCCNC(=O)c1coc(C2CCCNC2)n1. The van der Waals surface area contributed by atoms with Crippen LogP contribution in [0.1, 0.15) is 126 Å². The van der Waals surface area contributed by atoms with Crippen LogP contribution < -0.4 is 10.6 Å². The number of unbranched alkanes of at least 4 members (excludes halogenated alkanes) is 12. The average molecular weight is 406 g/mol. The van der Waals surface area contributed by atoms with Crippen molar-refractivity contribution >= 4 is 5.91 Å². The Kier molecular flexibility index (Phi) is 12.8. The van der Waals surface area contributed by atoms with Crippen LogP contribution in [0.5, 0.6) is 0 Å². The molecule has 29 heavy (non-hydrogen) atoms. The Morgan fingerprint density at radius 1 is 1.03 bits per heavy atom. The first-order valence-corrected chi connectivity index (χ1v) is 12.3. The van der Waals surface area contributed by atoms with Crippen LogP contribution in [-0.2, 0) is 0 Å². The number of carbonyl (C=O) groups is 1. The molecule has 166 valence electrons. The molecule has 2 rings (SSSR count). The first-order valence-electron chi connectivity index (χ1n) is 12.3. The standard InChI is InChI=1S/C24H43N3O2/c1-2-3-4-5-6-7-8-9-10-11-12-13-14-18-26-23(28)22-20-29-24(27-22)21-16-15-17-25-19-21/h20-21,25H,2-19H2,1H3,(H,26,28). The lowest BCUT2D eigenvalue weighted by atomic mass is 10.00. The summed E-state index contributed by atoms with van der Waals surface area (Å²) in [6.45, 7) is 4.95. The molecule has 0 aromatic carbocycles. The summed E-state index contributed by atoms with van der Waals surface area (Å²) >= 11 is 0. The molecular weight excluding hydrogens is 362 g/mol. The van der Waals surface area contributed by atoms with E-state index in [1.165, 1.54) is 83.3 Å². The van der Waals surface area contributed by atoms with Crippen molar-refractivity contribution in [2.75, 3.05) is 19.6 Å². The van der Waals surface area contributed by atoms with E-state index in [0.717, 1.165) is 38.9 Å². The van der Waals surface area contributed by atoms with Crippen molar-refractivity contribution in [1.82, 2.24) is 15.6 Å². The Morgan fingerprint density at radius 2 is 1.66 bits per heavy atom. The molecule has 0 aliphatic carbocycles. The summed E-state index contributed by atoms with van der Waals surface area (Å²) in [5.41, 5.74) is 0.417. The molecule has 1 saturated heterocycles. The zero-order chi connectivity index (χ0) is 20.6. The molecule has 1 fully saturated rings. The van der Waals surface area contributed by atoms with E-state index >= 15 is 0 Å². The van der Waals surface area contributed by atoms with Crippen molar-refractivity contribution in [3.8, 4) is 0 Å². The topological polar surface area (TPSA) is 67.2 Å². The Morgan fingerprint density at radius 3 is 2.24 bits per heavy atom. The van der Waals surface area contributed by atoms with E-state index in [1.807, 2.05) is 0 Å². The minimum Gasteiger partial charge on any atom is -0.448 e. The van der Waals surface area contributed by atoms with Gasteiger partial charge in [-0.2, -0.15) is 0 Å². The van der Waals surface area contributed by atoms with Gasteiger partial charge in [0, 0.05) is 19.0 Å². The zero-order valence-corrected chi connectivity index (χ0v) is 18.6. The fourth-order valence-corrected chi connectivity index (χ4v) is 4.08. The third kappa shape index (κ3) is 10.3. The Hall–Kier alpha value is -1.36. The van der Waals surface area contributed by atoms with Crippen LogP contribution in [-0.4, -0.2) is 30.5 Å². The van der Waals surface area contributed by atoms with Crippen LogP contribution in [0.25, 0.3) is 0 Å². The van der Waals surface area contributed by atoms with Crippen molar-refractivity contribution in [2.45, 2.75) is 109 Å². The summed E-state index contributed by atoms with van der Waals surface area (Å²) in [7, 11) is 0. The van der Waals surface area contributed by atoms with Crippen LogP contribution in [0.4, 0.5) is 0 Å². The molecule has 2 N–H and O–H groups in total. The number of carbonyl (C=O) groups excluding carboxylic acids is 1. The van der Waals surface area contributed by atoms with Gasteiger partial charge in [0.05, 0.1) is 0 Å². The van der Waals surface area contributed by atoms with Gasteiger partial charge in [-0.1, -0.05) is 84.0 Å². The highest BCUT2D eigenvalue weighted by atomic mass is 16.3. The highest BCUT2D eigenvalue weighted by Crippen LogP contribution is 2.22. The number of rotatable bonds is 16. The Labute approximate surface area is 177 Å². The summed E-state index contributed by atoms with van der Waals surface area (Å²) in [6, 6.07) is 0. The Balaban J connectivity index is 1.41. The molecule has 1 aliphatic heterocycles. The molecule has 2 heterocycles. The third-order valence-corrected chi connectivity index (χ3v) is 5.97. The van der Waals surface area contributed by atoms with Gasteiger partial charge >= 0.3 is 0 Å². The summed E-state index contributed by atoms with van der Waals surface area (Å²) in [5.74, 6) is 0.886. The van der Waals surface area contributed by atoms with Gasteiger partial charge in [0.2, 0.25) is 0 Å². The molecule has 1 atom stereocenters. The van der Waals surface area contributed by atoms with Gasteiger partial charge in [0.1, 0.15) is 6.26 Å². The lowest BCUT2D eigenvalue weighted by Crippen LogP contribution is -2.29. The number of aromatic nitrogens is 1. The van der Waals surface area contributed by atoms with Crippen LogP contribution in [0.15, 0.2) is 10.7 Å². The quantitative estimate of drug-likeness (QED) is 0.333. The minimum absolute atomic E-state index is 0.109. The van der Waals surface area contributed by atoms with E-state index in [0.29, 0.717) is 17.5 Å². The lowest BCUT2D eigenvalue weighted by molar-refractivity contribution is 0.0948. The van der Waals surface area contributed by atoms with Gasteiger partial charge in [0.25, 0.3) is 5.91 Å². The molecule has 1 amide bonds. The van der Waals surface area contributed by atoms with Gasteiger partial charge < -0.3 is 15.1 Å². The number of nitrogens with zero attached hydrogens (tertiary/aromatic N) is 1. The van der Waals surface area contributed by atoms with Crippen molar-refractivity contribution in [1.29, 1.82) is 0 Å². The molecule has 0 saturated carbocycles. The zero-order valence-electron chi connectivity index (χ0n) is 18.6. The molecule has 1 unspecified atom stereocenters. The van der Waals surface area contributed by atoms with Gasteiger partial charge in [-0.3, -0.25) is 4.79 Å². The number of nitrogens with one attached hydrogen (secondary N) is 2. The largest absolute Gasteiger partial charge is 0.448 e. The molecule has 0 bridgehead atoms. The smallest absolute Gasteiger partial charge is 0.273 e. The van der Waals surface area contributed by atoms with Crippen LogP contribution in [0, 0.1) is 0 Å². The highest BCUT2D eigenvalue weighted by molar-refractivity contribution is 5.91. The highest BCUT2D eigenvalue weighted by Gasteiger charge is 2.21. The second-order valence-electron chi connectivity index (χ2n) is 8.61. The molecule has 5 heteroatoms. The molecule has 0 radical (unpaired) electrons.